The Kier molecular flexibility index (Phi) is 10.2. The summed E-state index contributed by atoms with van der Waals surface area (Å²) in [7, 11) is 8.02. The molecular formula is C16H29IN4. The van der Waals surface area contributed by atoms with Gasteiger partial charge in [0.05, 0.1) is 0 Å². The first-order chi connectivity index (χ1) is 9.58. The van der Waals surface area contributed by atoms with Crippen LogP contribution in [0.1, 0.15) is 25.3 Å². The second kappa shape index (κ2) is 10.7. The number of halogens is 1. The third-order valence-corrected chi connectivity index (χ3v) is 3.32. The van der Waals surface area contributed by atoms with Crippen LogP contribution < -0.4 is 10.2 Å². The Balaban J connectivity index is 0.00000400. The average Bonchev–Trinajstić information content (AvgIpc) is 2.46. The number of rotatable bonds is 6. The lowest BCUT2D eigenvalue weighted by molar-refractivity contribution is 0.464. The van der Waals surface area contributed by atoms with Gasteiger partial charge in [-0.25, -0.2) is 0 Å². The second-order valence-electron chi connectivity index (χ2n) is 5.24. The summed E-state index contributed by atoms with van der Waals surface area (Å²) in [5.74, 6) is 0.954. The molecule has 0 saturated heterocycles. The number of benzene rings is 1. The molecule has 0 radical (unpaired) electrons. The van der Waals surface area contributed by atoms with Gasteiger partial charge in [0.15, 0.2) is 5.96 Å². The largest absolute Gasteiger partial charge is 0.378 e. The van der Waals surface area contributed by atoms with Crippen molar-refractivity contribution in [2.75, 3.05) is 39.6 Å². The molecular weight excluding hydrogens is 375 g/mol. The molecule has 0 atom stereocenters. The van der Waals surface area contributed by atoms with E-state index in [1.54, 1.807) is 0 Å². The molecule has 120 valence electrons. The van der Waals surface area contributed by atoms with Gasteiger partial charge in [-0.1, -0.05) is 25.5 Å². The fraction of sp³-hybridized carbons (Fsp3) is 0.562. The zero-order valence-electron chi connectivity index (χ0n) is 13.9. The molecule has 0 aliphatic heterocycles. The molecule has 5 heteroatoms. The zero-order chi connectivity index (χ0) is 15.0. The van der Waals surface area contributed by atoms with Crippen LogP contribution >= 0.6 is 24.0 Å². The molecule has 1 aromatic rings. The highest BCUT2D eigenvalue weighted by Gasteiger charge is 2.04. The maximum Gasteiger partial charge on any atom is 0.193 e. The molecule has 4 nitrogen and oxygen atoms in total. The molecule has 1 aromatic carbocycles. The smallest absolute Gasteiger partial charge is 0.193 e. The monoisotopic (exact) mass is 404 g/mol. The van der Waals surface area contributed by atoms with Crippen LogP contribution in [-0.4, -0.2) is 45.6 Å². The van der Waals surface area contributed by atoms with Gasteiger partial charge in [-0.15, -0.1) is 24.0 Å². The van der Waals surface area contributed by atoms with E-state index in [0.717, 1.165) is 19.0 Å². The van der Waals surface area contributed by atoms with Crippen molar-refractivity contribution >= 4 is 35.6 Å². The molecule has 0 spiro atoms. The van der Waals surface area contributed by atoms with Crippen LogP contribution in [-0.2, 0) is 6.54 Å². The summed E-state index contributed by atoms with van der Waals surface area (Å²) in [5.41, 5.74) is 2.49. The Morgan fingerprint density at radius 2 is 1.76 bits per heavy atom. The number of hydrogen-bond donors (Lipinski definition) is 1. The molecule has 0 fully saturated rings. The lowest BCUT2D eigenvalue weighted by Crippen LogP contribution is -2.38. The Labute approximate surface area is 146 Å². The molecule has 0 aliphatic carbocycles. The van der Waals surface area contributed by atoms with Gasteiger partial charge in [0.25, 0.3) is 0 Å². The second-order valence-corrected chi connectivity index (χ2v) is 5.24. The van der Waals surface area contributed by atoms with Gasteiger partial charge in [0.2, 0.25) is 0 Å². The van der Waals surface area contributed by atoms with E-state index in [-0.39, 0.29) is 24.0 Å². The molecule has 1 rings (SSSR count). The minimum absolute atomic E-state index is 0. The molecule has 0 unspecified atom stereocenters. The fourth-order valence-corrected chi connectivity index (χ4v) is 1.98. The van der Waals surface area contributed by atoms with Gasteiger partial charge >= 0.3 is 0 Å². The summed E-state index contributed by atoms with van der Waals surface area (Å²) < 4.78 is 0. The maximum atomic E-state index is 4.32. The van der Waals surface area contributed by atoms with Crippen molar-refractivity contribution in [2.45, 2.75) is 26.3 Å². The number of hydrogen-bond acceptors (Lipinski definition) is 2. The van der Waals surface area contributed by atoms with Gasteiger partial charge < -0.3 is 15.1 Å². The number of nitrogens with one attached hydrogen (secondary N) is 1. The van der Waals surface area contributed by atoms with E-state index in [1.807, 2.05) is 7.05 Å². The number of guanidine groups is 1. The summed E-state index contributed by atoms with van der Waals surface area (Å²) in [6.07, 6.45) is 2.39. The SMILES string of the molecule is CCCCN(C)C(=NC)NCc1ccc(N(C)C)cc1.I. The number of aliphatic imine (C=N–C) groups is 1. The van der Waals surface area contributed by atoms with Crippen LogP contribution in [0.25, 0.3) is 0 Å². The lowest BCUT2D eigenvalue weighted by Gasteiger charge is -2.22. The third-order valence-electron chi connectivity index (χ3n) is 3.32. The number of unbranched alkanes of at least 4 members (excludes halogenated alkanes) is 1. The summed E-state index contributed by atoms with van der Waals surface area (Å²) in [6, 6.07) is 8.59. The van der Waals surface area contributed by atoms with Crippen LogP contribution in [0.5, 0.6) is 0 Å². The first-order valence-corrected chi connectivity index (χ1v) is 7.26. The Bertz CT molecular complexity index is 415. The molecule has 1 N–H and O–H groups in total. The minimum Gasteiger partial charge on any atom is -0.378 e. The highest BCUT2D eigenvalue weighted by molar-refractivity contribution is 14.0. The minimum atomic E-state index is 0. The van der Waals surface area contributed by atoms with Crippen molar-refractivity contribution in [3.63, 3.8) is 0 Å². The summed E-state index contributed by atoms with van der Waals surface area (Å²) in [4.78, 5) is 8.61. The lowest BCUT2D eigenvalue weighted by atomic mass is 10.2. The van der Waals surface area contributed by atoms with E-state index < -0.39 is 0 Å². The Hall–Kier alpha value is -0.980. The quantitative estimate of drug-likeness (QED) is 0.449. The normalized spacial score (nSPS) is 10.8. The Morgan fingerprint density at radius 1 is 1.14 bits per heavy atom. The van der Waals surface area contributed by atoms with Crippen molar-refractivity contribution in [3.05, 3.63) is 29.8 Å². The van der Waals surface area contributed by atoms with E-state index in [4.69, 9.17) is 0 Å². The van der Waals surface area contributed by atoms with Crippen LogP contribution in [0.3, 0.4) is 0 Å². The number of nitrogens with zero attached hydrogens (tertiary/aromatic N) is 3. The van der Waals surface area contributed by atoms with Gasteiger partial charge in [-0.2, -0.15) is 0 Å². The molecule has 0 bridgehead atoms. The number of anilines is 1. The van der Waals surface area contributed by atoms with E-state index >= 15 is 0 Å². The zero-order valence-corrected chi connectivity index (χ0v) is 16.2. The van der Waals surface area contributed by atoms with E-state index in [1.165, 1.54) is 24.1 Å². The van der Waals surface area contributed by atoms with Crippen LogP contribution in [0.4, 0.5) is 5.69 Å². The molecule has 0 saturated carbocycles. The van der Waals surface area contributed by atoms with Gasteiger partial charge in [0, 0.05) is 47.0 Å². The van der Waals surface area contributed by atoms with Crippen molar-refractivity contribution in [1.29, 1.82) is 0 Å². The molecule has 0 heterocycles. The first kappa shape index (κ1) is 20.0. The van der Waals surface area contributed by atoms with E-state index in [2.05, 4.69) is 72.4 Å². The van der Waals surface area contributed by atoms with Gasteiger partial charge in [-0.05, 0) is 24.1 Å². The predicted molar refractivity (Wildman–Crippen MR) is 104 cm³/mol. The van der Waals surface area contributed by atoms with Crippen molar-refractivity contribution in [1.82, 2.24) is 10.2 Å². The Morgan fingerprint density at radius 3 is 2.24 bits per heavy atom. The van der Waals surface area contributed by atoms with Crippen molar-refractivity contribution < 1.29 is 0 Å². The van der Waals surface area contributed by atoms with Gasteiger partial charge in [0.1, 0.15) is 0 Å². The summed E-state index contributed by atoms with van der Waals surface area (Å²) in [6.45, 7) is 4.04. The maximum absolute atomic E-state index is 4.32. The standard InChI is InChI=1S/C16H28N4.HI/c1-6-7-12-20(5)16(17-2)18-13-14-8-10-15(11-9-14)19(3)4;/h8-11H,6-7,12-13H2,1-5H3,(H,17,18);1H. The summed E-state index contributed by atoms with van der Waals surface area (Å²) >= 11 is 0. The third kappa shape index (κ3) is 7.02. The summed E-state index contributed by atoms with van der Waals surface area (Å²) in [5, 5.41) is 3.41. The van der Waals surface area contributed by atoms with E-state index in [0.29, 0.717) is 0 Å². The van der Waals surface area contributed by atoms with Gasteiger partial charge in [-0.3, -0.25) is 4.99 Å². The molecule has 0 aliphatic rings. The highest BCUT2D eigenvalue weighted by Crippen LogP contribution is 2.12. The highest BCUT2D eigenvalue weighted by atomic mass is 127. The molecule has 21 heavy (non-hydrogen) atoms. The predicted octanol–water partition coefficient (Wildman–Crippen LogP) is 3.18. The first-order valence-electron chi connectivity index (χ1n) is 7.26. The average molecular weight is 404 g/mol. The molecule has 0 aromatic heterocycles. The van der Waals surface area contributed by atoms with Crippen LogP contribution in [0.15, 0.2) is 29.3 Å². The fourth-order valence-electron chi connectivity index (χ4n) is 1.98. The van der Waals surface area contributed by atoms with Crippen molar-refractivity contribution in [3.8, 4) is 0 Å². The molecule has 0 amide bonds. The van der Waals surface area contributed by atoms with Crippen molar-refractivity contribution in [2.24, 2.45) is 4.99 Å². The van der Waals surface area contributed by atoms with Crippen LogP contribution in [0, 0.1) is 0 Å². The topological polar surface area (TPSA) is 30.9 Å². The van der Waals surface area contributed by atoms with Crippen LogP contribution in [0.2, 0.25) is 0 Å². The van der Waals surface area contributed by atoms with E-state index in [9.17, 15) is 0 Å².